The van der Waals surface area contributed by atoms with Gasteiger partial charge in [0.15, 0.2) is 0 Å². The summed E-state index contributed by atoms with van der Waals surface area (Å²) in [5, 5.41) is 0. The Morgan fingerprint density at radius 2 is 0.500 bits per heavy atom. The monoisotopic (exact) mass is 604 g/mol. The van der Waals surface area contributed by atoms with Crippen molar-refractivity contribution in [2.45, 2.75) is 27.7 Å². The van der Waals surface area contributed by atoms with Crippen molar-refractivity contribution in [1.29, 1.82) is 0 Å². The molecule has 0 fully saturated rings. The van der Waals surface area contributed by atoms with E-state index in [1.54, 1.807) is 0 Å². The van der Waals surface area contributed by atoms with Gasteiger partial charge in [-0.2, -0.15) is 0 Å². The van der Waals surface area contributed by atoms with Crippen molar-refractivity contribution in [3.8, 4) is 11.5 Å². The summed E-state index contributed by atoms with van der Waals surface area (Å²) in [7, 11) is 0. The highest BCUT2D eigenvalue weighted by molar-refractivity contribution is 5.78. The third kappa shape index (κ3) is 7.41. The summed E-state index contributed by atoms with van der Waals surface area (Å²) in [6, 6.07) is 50.9. The molecule has 0 radical (unpaired) electrons. The molecule has 6 aromatic rings. The first kappa shape index (κ1) is 30.5. The van der Waals surface area contributed by atoms with E-state index in [9.17, 15) is 0 Å². The molecular weight excluding hydrogens is 564 g/mol. The molecule has 0 spiro atoms. The van der Waals surface area contributed by atoms with E-state index in [1.165, 1.54) is 22.3 Å². The van der Waals surface area contributed by atoms with Crippen LogP contribution < -0.4 is 19.3 Å². The molecule has 0 aliphatic carbocycles. The fourth-order valence-electron chi connectivity index (χ4n) is 5.37. The molecule has 0 amide bonds. The first-order valence-corrected chi connectivity index (χ1v) is 15.8. The second kappa shape index (κ2) is 14.1. The van der Waals surface area contributed by atoms with E-state index in [1.807, 2.05) is 24.3 Å². The average molecular weight is 605 g/mol. The maximum Gasteiger partial charge on any atom is 0.122 e. The minimum atomic E-state index is 0.444. The molecule has 4 nitrogen and oxygen atoms in total. The summed E-state index contributed by atoms with van der Waals surface area (Å²) < 4.78 is 12.1. The number of rotatable bonds is 11. The molecule has 4 heteroatoms. The number of hydrogen-bond acceptors (Lipinski definition) is 4. The lowest BCUT2D eigenvalue weighted by molar-refractivity contribution is 0.217. The summed E-state index contributed by atoms with van der Waals surface area (Å²) in [4.78, 5) is 4.52. The molecule has 46 heavy (non-hydrogen) atoms. The fraction of sp³-hybridized carbons (Fsp3) is 0.143. The number of benzene rings is 6. The molecule has 0 unspecified atom stereocenters. The van der Waals surface area contributed by atoms with Crippen LogP contribution in [0.15, 0.2) is 146 Å². The average Bonchev–Trinajstić information content (AvgIpc) is 3.08. The Bertz CT molecular complexity index is 1600. The van der Waals surface area contributed by atoms with Gasteiger partial charge in [0.1, 0.15) is 24.7 Å². The predicted molar refractivity (Wildman–Crippen MR) is 192 cm³/mol. The molecule has 0 atom stereocenters. The van der Waals surface area contributed by atoms with Gasteiger partial charge in [-0.05, 0) is 125 Å². The smallest absolute Gasteiger partial charge is 0.122 e. The highest BCUT2D eigenvalue weighted by Gasteiger charge is 2.14. The Balaban J connectivity index is 1.09. The van der Waals surface area contributed by atoms with Crippen molar-refractivity contribution in [3.05, 3.63) is 168 Å². The normalized spacial score (nSPS) is 10.8. The zero-order valence-electron chi connectivity index (χ0n) is 27.0. The molecule has 0 aromatic heterocycles. The lowest BCUT2D eigenvalue weighted by atomic mass is 10.1. The van der Waals surface area contributed by atoms with Crippen LogP contribution in [0.25, 0.3) is 0 Å². The van der Waals surface area contributed by atoms with Crippen LogP contribution in [0.2, 0.25) is 0 Å². The summed E-state index contributed by atoms with van der Waals surface area (Å²) in [6.07, 6.45) is 0. The van der Waals surface area contributed by atoms with E-state index in [0.717, 1.165) is 45.6 Å². The summed E-state index contributed by atoms with van der Waals surface area (Å²) in [5.74, 6) is 1.62. The van der Waals surface area contributed by atoms with Gasteiger partial charge in [-0.15, -0.1) is 0 Å². The number of ether oxygens (including phenoxy) is 2. The molecule has 0 saturated carbocycles. The molecule has 0 N–H and O–H groups in total. The Hall–Kier alpha value is -5.48. The first-order chi connectivity index (χ1) is 22.4. The summed E-state index contributed by atoms with van der Waals surface area (Å²) in [6.45, 7) is 9.32. The third-order valence-corrected chi connectivity index (χ3v) is 7.98. The fourth-order valence-corrected chi connectivity index (χ4v) is 5.37. The number of aryl methyl sites for hydroxylation is 4. The Morgan fingerprint density at radius 3 is 0.717 bits per heavy atom. The largest absolute Gasteiger partial charge is 0.490 e. The van der Waals surface area contributed by atoms with Gasteiger partial charge in [-0.3, -0.25) is 0 Å². The highest BCUT2D eigenvalue weighted by atomic mass is 16.5. The highest BCUT2D eigenvalue weighted by Crippen LogP contribution is 2.37. The number of nitrogens with zero attached hydrogens (tertiary/aromatic N) is 2. The summed E-state index contributed by atoms with van der Waals surface area (Å²) in [5.41, 5.74) is 11.5. The minimum Gasteiger partial charge on any atom is -0.490 e. The summed E-state index contributed by atoms with van der Waals surface area (Å²) >= 11 is 0. The van der Waals surface area contributed by atoms with E-state index < -0.39 is 0 Å². The minimum absolute atomic E-state index is 0.444. The predicted octanol–water partition coefficient (Wildman–Crippen LogP) is 11.3. The Labute approximate surface area is 273 Å². The van der Waals surface area contributed by atoms with Crippen molar-refractivity contribution in [2.75, 3.05) is 23.0 Å². The van der Waals surface area contributed by atoms with Gasteiger partial charge >= 0.3 is 0 Å². The van der Waals surface area contributed by atoms with E-state index >= 15 is 0 Å². The lowest BCUT2D eigenvalue weighted by Crippen LogP contribution is -2.11. The van der Waals surface area contributed by atoms with E-state index in [4.69, 9.17) is 9.47 Å². The van der Waals surface area contributed by atoms with Crippen LogP contribution in [0.3, 0.4) is 0 Å². The van der Waals surface area contributed by atoms with Crippen LogP contribution >= 0.6 is 0 Å². The SMILES string of the molecule is Cc1ccc(N(c2ccc(C)cc2)c2ccc(OCCOc3ccc(N(c4ccc(C)cc4)c4ccc(C)cc4)cc3)cc2)cc1. The second-order valence-corrected chi connectivity index (χ2v) is 11.7. The van der Waals surface area contributed by atoms with E-state index in [-0.39, 0.29) is 0 Å². The van der Waals surface area contributed by atoms with Crippen molar-refractivity contribution < 1.29 is 9.47 Å². The molecule has 6 rings (SSSR count). The molecule has 0 aliphatic rings. The lowest BCUT2D eigenvalue weighted by Gasteiger charge is -2.26. The van der Waals surface area contributed by atoms with Gasteiger partial charge in [-0.1, -0.05) is 70.8 Å². The van der Waals surface area contributed by atoms with Crippen LogP contribution in [0, 0.1) is 27.7 Å². The molecule has 0 bridgehead atoms. The van der Waals surface area contributed by atoms with Crippen LogP contribution in [0.1, 0.15) is 22.3 Å². The van der Waals surface area contributed by atoms with Gasteiger partial charge < -0.3 is 19.3 Å². The second-order valence-electron chi connectivity index (χ2n) is 11.7. The van der Waals surface area contributed by atoms with Crippen molar-refractivity contribution in [2.24, 2.45) is 0 Å². The van der Waals surface area contributed by atoms with Crippen molar-refractivity contribution in [3.63, 3.8) is 0 Å². The molecule has 6 aromatic carbocycles. The maximum absolute atomic E-state index is 6.05. The number of anilines is 6. The molecule has 0 aliphatic heterocycles. The van der Waals surface area contributed by atoms with E-state index in [0.29, 0.717) is 13.2 Å². The first-order valence-electron chi connectivity index (χ1n) is 15.8. The van der Waals surface area contributed by atoms with Gasteiger partial charge in [0.2, 0.25) is 0 Å². The number of hydrogen-bond donors (Lipinski definition) is 0. The van der Waals surface area contributed by atoms with Crippen LogP contribution in [-0.4, -0.2) is 13.2 Å². The molecule has 0 heterocycles. The van der Waals surface area contributed by atoms with Crippen LogP contribution in [0.5, 0.6) is 11.5 Å². The Kier molecular flexibility index (Phi) is 9.35. The van der Waals surface area contributed by atoms with E-state index in [2.05, 4.69) is 159 Å². The van der Waals surface area contributed by atoms with Gasteiger partial charge in [0, 0.05) is 34.1 Å². The Morgan fingerprint density at radius 1 is 0.304 bits per heavy atom. The molecule has 230 valence electrons. The standard InChI is InChI=1S/C42H40N2O2/c1-31-5-13-35(14-6-31)43(36-15-7-32(2)8-16-36)39-21-25-41(26-22-39)45-29-30-46-42-27-23-40(24-28-42)44(37-17-9-33(3)10-18-37)38-19-11-34(4)12-20-38/h5-28H,29-30H2,1-4H3. The van der Waals surface area contributed by atoms with Crippen molar-refractivity contribution >= 4 is 34.1 Å². The van der Waals surface area contributed by atoms with Crippen molar-refractivity contribution in [1.82, 2.24) is 0 Å². The van der Waals surface area contributed by atoms with Crippen LogP contribution in [0.4, 0.5) is 34.1 Å². The molecule has 0 saturated heterocycles. The van der Waals surface area contributed by atoms with Gasteiger partial charge in [-0.25, -0.2) is 0 Å². The van der Waals surface area contributed by atoms with Gasteiger partial charge in [0.05, 0.1) is 0 Å². The maximum atomic E-state index is 6.05. The quantitative estimate of drug-likeness (QED) is 0.137. The van der Waals surface area contributed by atoms with Crippen LogP contribution in [-0.2, 0) is 0 Å². The molecular formula is C42H40N2O2. The van der Waals surface area contributed by atoms with Gasteiger partial charge in [0.25, 0.3) is 0 Å². The topological polar surface area (TPSA) is 24.9 Å². The zero-order valence-corrected chi connectivity index (χ0v) is 27.0. The zero-order chi connectivity index (χ0) is 31.9. The third-order valence-electron chi connectivity index (χ3n) is 7.98.